The second kappa shape index (κ2) is 7.68. The molecule has 0 saturated carbocycles. The molecule has 2 unspecified atom stereocenters. The van der Waals surface area contributed by atoms with Gasteiger partial charge in [-0.15, -0.1) is 0 Å². The van der Waals surface area contributed by atoms with Crippen molar-refractivity contribution in [3.8, 4) is 0 Å². The number of allylic oxidation sites excluding steroid dienone is 2. The van der Waals surface area contributed by atoms with Crippen molar-refractivity contribution in [2.75, 3.05) is 11.5 Å². The molecule has 0 spiro atoms. The van der Waals surface area contributed by atoms with Crippen LogP contribution in [0.3, 0.4) is 0 Å². The van der Waals surface area contributed by atoms with Gasteiger partial charge in [-0.05, 0) is 54.6 Å². The Balaban J connectivity index is 1.85. The third kappa shape index (κ3) is 4.20. The van der Waals surface area contributed by atoms with Gasteiger partial charge >= 0.3 is 0 Å². The monoisotopic (exact) mass is 260 g/mol. The number of hydrogen-bond acceptors (Lipinski definition) is 1. The predicted octanol–water partition coefficient (Wildman–Crippen LogP) is 4.95. The molecule has 1 saturated heterocycles. The van der Waals surface area contributed by atoms with Crippen LogP contribution in [-0.4, -0.2) is 11.5 Å². The maximum atomic E-state index is 2.48. The van der Waals surface area contributed by atoms with Crippen LogP contribution in [0.5, 0.6) is 0 Å². The van der Waals surface area contributed by atoms with Crippen molar-refractivity contribution in [1.29, 1.82) is 0 Å². The first-order chi connectivity index (χ1) is 8.90. The second-order valence-electron chi connectivity index (χ2n) is 5.17. The van der Waals surface area contributed by atoms with Crippen LogP contribution in [0.15, 0.2) is 42.5 Å². The van der Waals surface area contributed by atoms with E-state index in [0.717, 1.165) is 18.3 Å². The molecule has 1 fully saturated rings. The lowest BCUT2D eigenvalue weighted by atomic mass is 9.87. The van der Waals surface area contributed by atoms with Gasteiger partial charge in [0.25, 0.3) is 0 Å². The molecule has 0 aliphatic carbocycles. The lowest BCUT2D eigenvalue weighted by Gasteiger charge is -2.27. The molecule has 1 heteroatoms. The van der Waals surface area contributed by atoms with E-state index in [1.807, 2.05) is 0 Å². The van der Waals surface area contributed by atoms with Gasteiger partial charge in [0.05, 0.1) is 0 Å². The number of thioether (sulfide) groups is 1. The zero-order valence-corrected chi connectivity index (χ0v) is 12.2. The largest absolute Gasteiger partial charge is 0.162 e. The minimum Gasteiger partial charge on any atom is -0.162 e. The SMILES string of the molecule is CCC(C=CCc1ccccc1)C1CCCSC1. The van der Waals surface area contributed by atoms with E-state index in [9.17, 15) is 0 Å². The first kappa shape index (κ1) is 13.7. The van der Waals surface area contributed by atoms with Gasteiger partial charge in [-0.1, -0.05) is 49.4 Å². The third-order valence-electron chi connectivity index (χ3n) is 3.85. The highest BCUT2D eigenvalue weighted by Gasteiger charge is 2.20. The van der Waals surface area contributed by atoms with Gasteiger partial charge in [-0.3, -0.25) is 0 Å². The van der Waals surface area contributed by atoms with Gasteiger partial charge in [0.1, 0.15) is 0 Å². The molecule has 0 nitrogen and oxygen atoms in total. The van der Waals surface area contributed by atoms with Gasteiger partial charge < -0.3 is 0 Å². The molecule has 0 aromatic heterocycles. The fourth-order valence-electron chi connectivity index (χ4n) is 2.72. The zero-order valence-electron chi connectivity index (χ0n) is 11.3. The van der Waals surface area contributed by atoms with Crippen molar-refractivity contribution in [2.24, 2.45) is 11.8 Å². The first-order valence-corrected chi connectivity index (χ1v) is 8.34. The fraction of sp³-hybridized carbons (Fsp3) is 0.529. The highest BCUT2D eigenvalue weighted by Crippen LogP contribution is 2.31. The van der Waals surface area contributed by atoms with Crippen LogP contribution in [0.2, 0.25) is 0 Å². The number of benzene rings is 1. The van der Waals surface area contributed by atoms with Crippen molar-refractivity contribution >= 4 is 11.8 Å². The van der Waals surface area contributed by atoms with Crippen LogP contribution in [0.1, 0.15) is 31.7 Å². The van der Waals surface area contributed by atoms with Gasteiger partial charge in [0, 0.05) is 0 Å². The van der Waals surface area contributed by atoms with Gasteiger partial charge in [-0.25, -0.2) is 0 Å². The summed E-state index contributed by atoms with van der Waals surface area (Å²) in [5, 5.41) is 0. The lowest BCUT2D eigenvalue weighted by Crippen LogP contribution is -2.18. The summed E-state index contributed by atoms with van der Waals surface area (Å²) in [5.74, 6) is 4.46. The molecule has 2 rings (SSSR count). The lowest BCUT2D eigenvalue weighted by molar-refractivity contribution is 0.388. The van der Waals surface area contributed by atoms with Crippen molar-refractivity contribution in [3.05, 3.63) is 48.0 Å². The summed E-state index contributed by atoms with van der Waals surface area (Å²) < 4.78 is 0. The molecule has 2 atom stereocenters. The molecule has 1 aromatic rings. The summed E-state index contributed by atoms with van der Waals surface area (Å²) in [7, 11) is 0. The Bertz CT molecular complexity index is 349. The van der Waals surface area contributed by atoms with Crippen LogP contribution in [-0.2, 0) is 6.42 Å². The molecular formula is C17H24S. The molecule has 1 aliphatic rings. The zero-order chi connectivity index (χ0) is 12.6. The van der Waals surface area contributed by atoms with Crippen molar-refractivity contribution in [1.82, 2.24) is 0 Å². The summed E-state index contributed by atoms with van der Waals surface area (Å²) in [4.78, 5) is 0. The smallest absolute Gasteiger partial charge is 0.00335 e. The van der Waals surface area contributed by atoms with E-state index in [2.05, 4.69) is 61.2 Å². The molecule has 1 heterocycles. The van der Waals surface area contributed by atoms with Crippen molar-refractivity contribution in [2.45, 2.75) is 32.6 Å². The predicted molar refractivity (Wildman–Crippen MR) is 83.1 cm³/mol. The van der Waals surface area contributed by atoms with E-state index in [1.54, 1.807) is 0 Å². The average Bonchev–Trinajstić information content (AvgIpc) is 2.46. The van der Waals surface area contributed by atoms with Crippen LogP contribution in [0, 0.1) is 11.8 Å². The van der Waals surface area contributed by atoms with E-state index in [1.165, 1.54) is 36.3 Å². The van der Waals surface area contributed by atoms with Crippen LogP contribution < -0.4 is 0 Å². The summed E-state index contributed by atoms with van der Waals surface area (Å²) in [5.41, 5.74) is 1.42. The van der Waals surface area contributed by atoms with Crippen molar-refractivity contribution in [3.63, 3.8) is 0 Å². The van der Waals surface area contributed by atoms with Crippen LogP contribution >= 0.6 is 11.8 Å². The number of hydrogen-bond donors (Lipinski definition) is 0. The van der Waals surface area contributed by atoms with E-state index in [0.29, 0.717) is 0 Å². The Hall–Kier alpha value is -0.690. The van der Waals surface area contributed by atoms with Gasteiger partial charge in [0.2, 0.25) is 0 Å². The molecule has 1 aromatic carbocycles. The quantitative estimate of drug-likeness (QED) is 0.675. The first-order valence-electron chi connectivity index (χ1n) is 7.18. The maximum Gasteiger partial charge on any atom is -0.00335 e. The Labute approximate surface area is 116 Å². The maximum absolute atomic E-state index is 2.48. The molecule has 0 N–H and O–H groups in total. The van der Waals surface area contributed by atoms with E-state index in [-0.39, 0.29) is 0 Å². The Morgan fingerprint density at radius 2 is 2.17 bits per heavy atom. The topological polar surface area (TPSA) is 0 Å². The Morgan fingerprint density at radius 3 is 2.83 bits per heavy atom. The van der Waals surface area contributed by atoms with E-state index < -0.39 is 0 Å². The highest BCUT2D eigenvalue weighted by molar-refractivity contribution is 7.99. The fourth-order valence-corrected chi connectivity index (χ4v) is 3.98. The molecule has 0 amide bonds. The average molecular weight is 260 g/mol. The second-order valence-corrected chi connectivity index (χ2v) is 6.32. The molecule has 18 heavy (non-hydrogen) atoms. The minimum atomic E-state index is 0.793. The molecule has 0 radical (unpaired) electrons. The van der Waals surface area contributed by atoms with E-state index in [4.69, 9.17) is 0 Å². The Morgan fingerprint density at radius 1 is 1.33 bits per heavy atom. The minimum absolute atomic E-state index is 0.793. The van der Waals surface area contributed by atoms with Crippen LogP contribution in [0.4, 0.5) is 0 Å². The van der Waals surface area contributed by atoms with Crippen molar-refractivity contribution < 1.29 is 0 Å². The highest BCUT2D eigenvalue weighted by atomic mass is 32.2. The normalized spacial score (nSPS) is 22.2. The number of rotatable bonds is 5. The standard InChI is InChI=1S/C17H24S/c1-2-16(17-12-7-13-18-14-17)11-6-10-15-8-4-3-5-9-15/h3-6,8-9,11,16-17H,2,7,10,12-14H2,1H3. The van der Waals surface area contributed by atoms with E-state index >= 15 is 0 Å². The molecule has 0 bridgehead atoms. The van der Waals surface area contributed by atoms with Crippen LogP contribution in [0.25, 0.3) is 0 Å². The summed E-state index contributed by atoms with van der Waals surface area (Å²) in [6.45, 7) is 2.33. The molecular weight excluding hydrogens is 236 g/mol. The van der Waals surface area contributed by atoms with Gasteiger partial charge in [0.15, 0.2) is 0 Å². The molecule has 1 aliphatic heterocycles. The Kier molecular flexibility index (Phi) is 5.86. The third-order valence-corrected chi connectivity index (χ3v) is 5.09. The summed E-state index contributed by atoms with van der Waals surface area (Å²) in [6, 6.07) is 10.8. The molecule has 98 valence electrons. The van der Waals surface area contributed by atoms with Gasteiger partial charge in [-0.2, -0.15) is 11.8 Å². The summed E-state index contributed by atoms with van der Waals surface area (Å²) in [6.07, 6.45) is 10.1. The summed E-state index contributed by atoms with van der Waals surface area (Å²) >= 11 is 2.14.